The summed E-state index contributed by atoms with van der Waals surface area (Å²) in [5.41, 5.74) is 11.1. The van der Waals surface area contributed by atoms with Crippen LogP contribution < -0.4 is 27.4 Å². The van der Waals surface area contributed by atoms with E-state index in [9.17, 15) is 39.3 Å². The molecule has 0 aliphatic rings. The van der Waals surface area contributed by atoms with Gasteiger partial charge in [0.1, 0.15) is 23.9 Å². The number of aliphatic carboxylic acids is 1. The van der Waals surface area contributed by atoms with Crippen molar-refractivity contribution in [2.75, 3.05) is 6.61 Å². The van der Waals surface area contributed by atoms with Crippen molar-refractivity contribution in [1.82, 2.24) is 16.0 Å². The van der Waals surface area contributed by atoms with Gasteiger partial charge in [-0.1, -0.05) is 12.1 Å². The van der Waals surface area contributed by atoms with Gasteiger partial charge < -0.3 is 42.7 Å². The van der Waals surface area contributed by atoms with Gasteiger partial charge in [-0.2, -0.15) is 0 Å². The van der Waals surface area contributed by atoms with Gasteiger partial charge in [-0.15, -0.1) is 0 Å². The number of carboxylic acids is 1. The molecule has 0 aliphatic carbocycles. The minimum Gasteiger partial charge on any atom is -0.508 e. The lowest BCUT2D eigenvalue weighted by molar-refractivity contribution is -0.142. The number of amides is 4. The molecule has 10 N–H and O–H groups in total. The van der Waals surface area contributed by atoms with Gasteiger partial charge in [0.25, 0.3) is 0 Å². The summed E-state index contributed by atoms with van der Waals surface area (Å²) in [6.45, 7) is 0.495. The van der Waals surface area contributed by atoms with E-state index < -0.39 is 60.4 Å². The van der Waals surface area contributed by atoms with Gasteiger partial charge in [0.15, 0.2) is 0 Å². The van der Waals surface area contributed by atoms with Crippen LogP contribution in [0.2, 0.25) is 0 Å². The molecule has 0 saturated carbocycles. The Kier molecular flexibility index (Phi) is 10.7. The molecule has 182 valence electrons. The fourth-order valence-electron chi connectivity index (χ4n) is 2.65. The van der Waals surface area contributed by atoms with Crippen molar-refractivity contribution in [3.63, 3.8) is 0 Å². The molecule has 13 heteroatoms. The van der Waals surface area contributed by atoms with Gasteiger partial charge in [0.2, 0.25) is 23.6 Å². The van der Waals surface area contributed by atoms with E-state index in [-0.39, 0.29) is 25.0 Å². The Morgan fingerprint density at radius 2 is 1.52 bits per heavy atom. The number of primary amides is 1. The molecule has 0 aromatic heterocycles. The lowest BCUT2D eigenvalue weighted by Crippen LogP contribution is -2.57. The van der Waals surface area contributed by atoms with Crippen LogP contribution in [0.1, 0.15) is 25.3 Å². The van der Waals surface area contributed by atoms with Gasteiger partial charge in [-0.3, -0.25) is 19.2 Å². The summed E-state index contributed by atoms with van der Waals surface area (Å²) in [6.07, 6.45) is -0.269. The molecule has 1 aromatic rings. The highest BCUT2D eigenvalue weighted by Crippen LogP contribution is 2.11. The van der Waals surface area contributed by atoms with E-state index in [0.717, 1.165) is 0 Å². The first-order chi connectivity index (χ1) is 15.4. The molecule has 1 aromatic carbocycles. The fraction of sp³-hybridized carbons (Fsp3) is 0.450. The molecule has 1 rings (SSSR count). The van der Waals surface area contributed by atoms with Crippen LogP contribution in [0.5, 0.6) is 5.75 Å². The van der Waals surface area contributed by atoms with Gasteiger partial charge >= 0.3 is 5.97 Å². The second-order valence-corrected chi connectivity index (χ2v) is 7.36. The third-order valence-electron chi connectivity index (χ3n) is 4.60. The lowest BCUT2D eigenvalue weighted by atomic mass is 10.1. The maximum atomic E-state index is 12.4. The number of carbonyl (C=O) groups excluding carboxylic acids is 4. The van der Waals surface area contributed by atoms with Crippen molar-refractivity contribution < 1.29 is 39.3 Å². The molecule has 4 unspecified atom stereocenters. The molecular weight excluding hydrogens is 438 g/mol. The Labute approximate surface area is 189 Å². The van der Waals surface area contributed by atoms with Crippen molar-refractivity contribution in [3.05, 3.63) is 29.8 Å². The van der Waals surface area contributed by atoms with E-state index in [0.29, 0.717) is 5.56 Å². The third-order valence-corrected chi connectivity index (χ3v) is 4.60. The summed E-state index contributed by atoms with van der Waals surface area (Å²) in [5, 5.41) is 34.9. The van der Waals surface area contributed by atoms with Crippen LogP contribution in [-0.2, 0) is 30.4 Å². The van der Waals surface area contributed by atoms with Gasteiger partial charge in [-0.25, -0.2) is 4.79 Å². The van der Waals surface area contributed by atoms with Crippen LogP contribution in [-0.4, -0.2) is 75.7 Å². The van der Waals surface area contributed by atoms with Crippen LogP contribution in [0.15, 0.2) is 24.3 Å². The second-order valence-electron chi connectivity index (χ2n) is 7.36. The summed E-state index contributed by atoms with van der Waals surface area (Å²) < 4.78 is 0. The Balaban J connectivity index is 2.67. The number of hydrogen-bond donors (Lipinski definition) is 8. The molecule has 0 fully saturated rings. The van der Waals surface area contributed by atoms with Crippen molar-refractivity contribution in [1.29, 1.82) is 0 Å². The van der Waals surface area contributed by atoms with Crippen molar-refractivity contribution in [2.45, 2.75) is 50.4 Å². The van der Waals surface area contributed by atoms with E-state index in [4.69, 9.17) is 11.5 Å². The number of carboxylic acid groups (broad SMARTS) is 1. The fourth-order valence-corrected chi connectivity index (χ4v) is 2.65. The van der Waals surface area contributed by atoms with E-state index in [1.54, 1.807) is 0 Å². The number of phenols is 1. The molecule has 0 radical (unpaired) electrons. The Morgan fingerprint density at radius 3 is 2.03 bits per heavy atom. The third kappa shape index (κ3) is 9.53. The number of hydrogen-bond acceptors (Lipinski definition) is 8. The maximum Gasteiger partial charge on any atom is 0.326 e. The molecule has 33 heavy (non-hydrogen) atoms. The summed E-state index contributed by atoms with van der Waals surface area (Å²) in [4.78, 5) is 59.0. The highest BCUT2D eigenvalue weighted by molar-refractivity contribution is 5.94. The SMILES string of the molecule is CC(NC(=O)C(CO)NC(=O)C(N)CCC(N)=O)C(=O)NC(Cc1ccc(O)cc1)C(=O)O. The quantitative estimate of drug-likeness (QED) is 0.148. The number of benzene rings is 1. The summed E-state index contributed by atoms with van der Waals surface area (Å²) in [6, 6.07) is 0.684. The summed E-state index contributed by atoms with van der Waals surface area (Å²) >= 11 is 0. The maximum absolute atomic E-state index is 12.4. The van der Waals surface area contributed by atoms with E-state index in [1.807, 2.05) is 0 Å². The molecule has 0 spiro atoms. The number of aliphatic hydroxyl groups is 1. The van der Waals surface area contributed by atoms with Crippen molar-refractivity contribution >= 4 is 29.6 Å². The number of carbonyl (C=O) groups is 5. The zero-order valence-electron chi connectivity index (χ0n) is 18.0. The predicted molar refractivity (Wildman–Crippen MR) is 114 cm³/mol. The molecule has 0 heterocycles. The minimum absolute atomic E-state index is 0.00495. The number of aromatic hydroxyl groups is 1. The first-order valence-corrected chi connectivity index (χ1v) is 10.0. The van der Waals surface area contributed by atoms with E-state index >= 15 is 0 Å². The van der Waals surface area contributed by atoms with Crippen LogP contribution in [0, 0.1) is 0 Å². The normalized spacial score (nSPS) is 14.3. The van der Waals surface area contributed by atoms with Crippen LogP contribution >= 0.6 is 0 Å². The summed E-state index contributed by atoms with van der Waals surface area (Å²) in [7, 11) is 0. The average molecular weight is 467 g/mol. The van der Waals surface area contributed by atoms with Crippen molar-refractivity contribution in [3.8, 4) is 5.75 Å². The largest absolute Gasteiger partial charge is 0.508 e. The topological polar surface area (TPSA) is 234 Å². The second kappa shape index (κ2) is 13.0. The summed E-state index contributed by atoms with van der Waals surface area (Å²) in [5.74, 6) is -4.47. The molecule has 0 saturated heterocycles. The average Bonchev–Trinajstić information content (AvgIpc) is 2.75. The van der Waals surface area contributed by atoms with Gasteiger partial charge in [0, 0.05) is 12.8 Å². The Bertz CT molecular complexity index is 861. The minimum atomic E-state index is -1.43. The highest BCUT2D eigenvalue weighted by Gasteiger charge is 2.28. The molecule has 0 aliphatic heterocycles. The zero-order valence-corrected chi connectivity index (χ0v) is 18.0. The molecule has 4 atom stereocenters. The van der Waals surface area contributed by atoms with Crippen LogP contribution in [0.4, 0.5) is 0 Å². The van der Waals surface area contributed by atoms with Crippen LogP contribution in [0.3, 0.4) is 0 Å². The number of rotatable bonds is 13. The Hall–Kier alpha value is -3.71. The first kappa shape index (κ1) is 27.3. The highest BCUT2D eigenvalue weighted by atomic mass is 16.4. The monoisotopic (exact) mass is 467 g/mol. The predicted octanol–water partition coefficient (Wildman–Crippen LogP) is -2.92. The molecule has 13 nitrogen and oxygen atoms in total. The zero-order chi connectivity index (χ0) is 25.1. The number of phenolic OH excluding ortho intramolecular Hbond substituents is 1. The van der Waals surface area contributed by atoms with Gasteiger partial charge in [0.05, 0.1) is 12.6 Å². The van der Waals surface area contributed by atoms with E-state index in [2.05, 4.69) is 16.0 Å². The van der Waals surface area contributed by atoms with Crippen molar-refractivity contribution in [2.24, 2.45) is 11.5 Å². The first-order valence-electron chi connectivity index (χ1n) is 10.0. The molecule has 0 bridgehead atoms. The number of nitrogens with one attached hydrogen (secondary N) is 3. The standard InChI is InChI=1S/C20H29N5O8/c1-10(17(29)24-14(20(32)33)8-11-2-4-12(27)5-3-11)23-19(31)15(9-26)25-18(30)13(21)6-7-16(22)28/h2-5,10,13-15,26-27H,6-9,21H2,1H3,(H2,22,28)(H,23,31)(H,24,29)(H,25,30)(H,32,33). The smallest absolute Gasteiger partial charge is 0.326 e. The molecule has 4 amide bonds. The van der Waals surface area contributed by atoms with Gasteiger partial charge in [-0.05, 0) is 31.0 Å². The number of nitrogens with two attached hydrogens (primary N) is 2. The van der Waals surface area contributed by atoms with Crippen LogP contribution in [0.25, 0.3) is 0 Å². The molecular formula is C20H29N5O8. The van der Waals surface area contributed by atoms with E-state index in [1.165, 1.54) is 31.2 Å². The lowest BCUT2D eigenvalue weighted by Gasteiger charge is -2.22. The number of aliphatic hydroxyl groups excluding tert-OH is 1. The Morgan fingerprint density at radius 1 is 0.939 bits per heavy atom.